The summed E-state index contributed by atoms with van der Waals surface area (Å²) in [5.41, 5.74) is 0. The van der Waals surface area contributed by atoms with Crippen molar-refractivity contribution in [3.05, 3.63) is 0 Å². The van der Waals surface area contributed by atoms with Crippen LogP contribution < -0.4 is 16.0 Å². The lowest BCUT2D eigenvalue weighted by Crippen LogP contribution is -2.44. The van der Waals surface area contributed by atoms with Gasteiger partial charge in [0.2, 0.25) is 5.91 Å². The number of nitrogens with zero attached hydrogens (tertiary/aromatic N) is 1. The molecule has 1 fully saturated rings. The summed E-state index contributed by atoms with van der Waals surface area (Å²) in [7, 11) is 1.70. The fourth-order valence-corrected chi connectivity index (χ4v) is 2.52. The summed E-state index contributed by atoms with van der Waals surface area (Å²) >= 11 is 0. The fourth-order valence-electron chi connectivity index (χ4n) is 2.52. The molecule has 0 saturated heterocycles. The summed E-state index contributed by atoms with van der Waals surface area (Å²) in [6, 6.07) is 0. The maximum atomic E-state index is 11.5. The van der Waals surface area contributed by atoms with Gasteiger partial charge in [-0.05, 0) is 19.3 Å². The third kappa shape index (κ3) is 11.6. The average molecular weight is 440 g/mol. The number of halogens is 1. The highest BCUT2D eigenvalue weighted by molar-refractivity contribution is 14.0. The molecule has 0 bridgehead atoms. The molecule has 3 N–H and O–H groups in total. The minimum atomic E-state index is -0.0143. The van der Waals surface area contributed by atoms with Crippen molar-refractivity contribution < 1.29 is 9.53 Å². The number of carbonyl (C=O) groups excluding carboxylic acids is 1. The molecule has 23 heavy (non-hydrogen) atoms. The Morgan fingerprint density at radius 1 is 1.09 bits per heavy atom. The van der Waals surface area contributed by atoms with Crippen LogP contribution in [0.25, 0.3) is 0 Å². The predicted molar refractivity (Wildman–Crippen MR) is 106 cm³/mol. The second kappa shape index (κ2) is 15.0. The van der Waals surface area contributed by atoms with Gasteiger partial charge in [-0.3, -0.25) is 9.79 Å². The van der Waals surface area contributed by atoms with Crippen LogP contribution in [-0.4, -0.2) is 51.3 Å². The average Bonchev–Trinajstić information content (AvgIpc) is 2.81. The lowest BCUT2D eigenvalue weighted by atomic mass is 10.1. The quantitative estimate of drug-likeness (QED) is 0.178. The Bertz CT molecular complexity index is 332. The van der Waals surface area contributed by atoms with E-state index in [9.17, 15) is 4.79 Å². The van der Waals surface area contributed by atoms with E-state index in [4.69, 9.17) is 4.74 Å². The van der Waals surface area contributed by atoms with Crippen molar-refractivity contribution in [1.29, 1.82) is 0 Å². The molecule has 0 aromatic carbocycles. The number of amides is 1. The molecule has 1 aliphatic rings. The summed E-state index contributed by atoms with van der Waals surface area (Å²) < 4.78 is 5.91. The van der Waals surface area contributed by atoms with Crippen LogP contribution in [-0.2, 0) is 9.53 Å². The zero-order valence-corrected chi connectivity index (χ0v) is 16.9. The molecule has 0 aliphatic heterocycles. The lowest BCUT2D eigenvalue weighted by Gasteiger charge is -2.16. The smallest absolute Gasteiger partial charge is 0.239 e. The highest BCUT2D eigenvalue weighted by atomic mass is 127. The maximum absolute atomic E-state index is 11.5. The molecular weight excluding hydrogens is 407 g/mol. The van der Waals surface area contributed by atoms with Crippen molar-refractivity contribution in [1.82, 2.24) is 16.0 Å². The first-order chi connectivity index (χ1) is 10.8. The molecule has 1 aliphatic carbocycles. The highest BCUT2D eigenvalue weighted by Gasteiger charge is 2.12. The summed E-state index contributed by atoms with van der Waals surface area (Å²) in [6.07, 6.45) is 8.98. The SMILES string of the molecule is CCCNC(=O)CNC(=NC)NCCOC1CCCCCC1.I. The molecule has 0 aromatic rings. The number of ether oxygens (including phenoxy) is 1. The van der Waals surface area contributed by atoms with E-state index in [-0.39, 0.29) is 36.4 Å². The number of hydrogen-bond donors (Lipinski definition) is 3. The van der Waals surface area contributed by atoms with E-state index >= 15 is 0 Å². The van der Waals surface area contributed by atoms with Gasteiger partial charge < -0.3 is 20.7 Å². The second-order valence-electron chi connectivity index (χ2n) is 5.69. The molecule has 1 rings (SSSR count). The van der Waals surface area contributed by atoms with E-state index in [0.29, 0.717) is 31.8 Å². The molecule has 0 heterocycles. The Morgan fingerprint density at radius 3 is 2.39 bits per heavy atom. The van der Waals surface area contributed by atoms with E-state index in [1.165, 1.54) is 38.5 Å². The van der Waals surface area contributed by atoms with Crippen LogP contribution in [0.3, 0.4) is 0 Å². The van der Waals surface area contributed by atoms with Crippen molar-refractivity contribution in [2.24, 2.45) is 4.99 Å². The summed E-state index contributed by atoms with van der Waals surface area (Å²) in [6.45, 7) is 4.35. The van der Waals surface area contributed by atoms with Gasteiger partial charge in [-0.1, -0.05) is 32.6 Å². The van der Waals surface area contributed by atoms with Crippen LogP contribution in [0.5, 0.6) is 0 Å². The molecule has 0 spiro atoms. The van der Waals surface area contributed by atoms with E-state index in [2.05, 4.69) is 20.9 Å². The number of rotatable bonds is 8. The summed E-state index contributed by atoms with van der Waals surface area (Å²) in [5.74, 6) is 0.621. The highest BCUT2D eigenvalue weighted by Crippen LogP contribution is 2.19. The first kappa shape index (κ1) is 22.4. The number of nitrogens with one attached hydrogen (secondary N) is 3. The molecule has 6 nitrogen and oxygen atoms in total. The van der Waals surface area contributed by atoms with Gasteiger partial charge in [0.1, 0.15) is 0 Å². The zero-order valence-electron chi connectivity index (χ0n) is 14.5. The lowest BCUT2D eigenvalue weighted by molar-refractivity contribution is -0.120. The van der Waals surface area contributed by atoms with Gasteiger partial charge in [-0.15, -0.1) is 24.0 Å². The van der Waals surface area contributed by atoms with Crippen LogP contribution in [0.2, 0.25) is 0 Å². The number of guanidine groups is 1. The Kier molecular flexibility index (Phi) is 14.6. The van der Waals surface area contributed by atoms with E-state index < -0.39 is 0 Å². The van der Waals surface area contributed by atoms with Crippen LogP contribution >= 0.6 is 24.0 Å². The van der Waals surface area contributed by atoms with Crippen LogP contribution in [0.1, 0.15) is 51.9 Å². The molecule has 0 radical (unpaired) electrons. The van der Waals surface area contributed by atoms with E-state index in [0.717, 1.165) is 6.42 Å². The van der Waals surface area contributed by atoms with E-state index in [1.54, 1.807) is 7.05 Å². The molecule has 7 heteroatoms. The first-order valence-electron chi connectivity index (χ1n) is 8.59. The zero-order chi connectivity index (χ0) is 16.0. The Morgan fingerprint density at radius 2 is 1.78 bits per heavy atom. The van der Waals surface area contributed by atoms with Gasteiger partial charge in [0.15, 0.2) is 5.96 Å². The van der Waals surface area contributed by atoms with Gasteiger partial charge in [0, 0.05) is 20.1 Å². The minimum Gasteiger partial charge on any atom is -0.376 e. The van der Waals surface area contributed by atoms with Gasteiger partial charge in [-0.2, -0.15) is 0 Å². The molecule has 0 atom stereocenters. The maximum Gasteiger partial charge on any atom is 0.239 e. The molecule has 1 amide bonds. The van der Waals surface area contributed by atoms with Gasteiger partial charge in [0.25, 0.3) is 0 Å². The standard InChI is InChI=1S/C16H32N4O2.HI/c1-3-10-18-15(21)13-20-16(17-2)19-11-12-22-14-8-6-4-5-7-9-14;/h14H,3-13H2,1-2H3,(H,18,21)(H2,17,19,20);1H. The summed E-state index contributed by atoms with van der Waals surface area (Å²) in [5, 5.41) is 8.99. The van der Waals surface area contributed by atoms with Crippen LogP contribution in [0.15, 0.2) is 4.99 Å². The monoisotopic (exact) mass is 440 g/mol. The third-order valence-corrected chi connectivity index (χ3v) is 3.76. The van der Waals surface area contributed by atoms with Crippen LogP contribution in [0.4, 0.5) is 0 Å². The predicted octanol–water partition coefficient (Wildman–Crippen LogP) is 2.03. The fraction of sp³-hybridized carbons (Fsp3) is 0.875. The van der Waals surface area contributed by atoms with E-state index in [1.807, 2.05) is 6.92 Å². The Labute approximate surface area is 157 Å². The normalized spacial score (nSPS) is 16.2. The van der Waals surface area contributed by atoms with Crippen LogP contribution in [0, 0.1) is 0 Å². The molecule has 136 valence electrons. The summed E-state index contributed by atoms with van der Waals surface area (Å²) in [4.78, 5) is 15.6. The molecule has 0 aromatic heterocycles. The number of carbonyl (C=O) groups is 1. The van der Waals surface area contributed by atoms with Gasteiger partial charge >= 0.3 is 0 Å². The third-order valence-electron chi connectivity index (χ3n) is 3.76. The second-order valence-corrected chi connectivity index (χ2v) is 5.69. The first-order valence-corrected chi connectivity index (χ1v) is 8.59. The molecule has 0 unspecified atom stereocenters. The van der Waals surface area contributed by atoms with Crippen molar-refractivity contribution >= 4 is 35.8 Å². The number of aliphatic imine (C=N–C) groups is 1. The Hall–Kier alpha value is -0.570. The topological polar surface area (TPSA) is 74.8 Å². The van der Waals surface area contributed by atoms with Crippen molar-refractivity contribution in [3.63, 3.8) is 0 Å². The Balaban J connectivity index is 0.00000484. The molecular formula is C16H33IN4O2. The van der Waals surface area contributed by atoms with Crippen molar-refractivity contribution in [3.8, 4) is 0 Å². The largest absolute Gasteiger partial charge is 0.376 e. The molecule has 1 saturated carbocycles. The minimum absolute atomic E-state index is 0. The van der Waals surface area contributed by atoms with Gasteiger partial charge in [-0.25, -0.2) is 0 Å². The van der Waals surface area contributed by atoms with Crippen molar-refractivity contribution in [2.75, 3.05) is 33.3 Å². The van der Waals surface area contributed by atoms with Crippen molar-refractivity contribution in [2.45, 2.75) is 58.0 Å². The van der Waals surface area contributed by atoms with Gasteiger partial charge in [0.05, 0.1) is 19.3 Å². The number of hydrogen-bond acceptors (Lipinski definition) is 3.